The molecule has 3 atom stereocenters. The predicted octanol–water partition coefficient (Wildman–Crippen LogP) is 2.04. The van der Waals surface area contributed by atoms with Crippen LogP contribution in [0.15, 0.2) is 29.8 Å². The lowest BCUT2D eigenvalue weighted by Gasteiger charge is -2.35. The number of aromatic nitrogens is 1. The highest BCUT2D eigenvalue weighted by Gasteiger charge is 2.44. The molecule has 0 saturated carbocycles. The Morgan fingerprint density at radius 2 is 1.91 bits per heavy atom. The number of aliphatic hydroxyl groups excluding tert-OH is 1. The summed E-state index contributed by atoms with van der Waals surface area (Å²) in [5.74, 6) is -0.878. The zero-order valence-electron chi connectivity index (χ0n) is 19.4. The molecule has 0 spiro atoms. The van der Waals surface area contributed by atoms with Gasteiger partial charge in [-0.2, -0.15) is 5.48 Å². The van der Waals surface area contributed by atoms with Gasteiger partial charge in [0, 0.05) is 19.9 Å². The Kier molecular flexibility index (Phi) is 7.38. The molecule has 1 unspecified atom stereocenters. The second-order valence-corrected chi connectivity index (χ2v) is 10.1. The number of aliphatic hydroxyl groups is 1. The van der Waals surface area contributed by atoms with Gasteiger partial charge in [0.25, 0.3) is 5.91 Å². The number of β-amino-alcohol motifs (C(OH)–C–C–N with tert-alkyl or cyclic N) is 1. The topological polar surface area (TPSA) is 121 Å². The van der Waals surface area contributed by atoms with E-state index < -0.39 is 35.4 Å². The molecule has 0 radical (unpaired) electrons. The summed E-state index contributed by atoms with van der Waals surface area (Å²) in [7, 11) is 0. The van der Waals surface area contributed by atoms with Crippen LogP contribution in [0.4, 0.5) is 0 Å². The van der Waals surface area contributed by atoms with E-state index in [9.17, 15) is 19.5 Å². The zero-order chi connectivity index (χ0) is 24.3. The first-order valence-corrected chi connectivity index (χ1v) is 11.6. The highest BCUT2D eigenvalue weighted by Crippen LogP contribution is 2.29. The first kappa shape index (κ1) is 24.7. The third kappa shape index (κ3) is 5.88. The van der Waals surface area contributed by atoms with Crippen molar-refractivity contribution in [3.63, 3.8) is 0 Å². The Balaban J connectivity index is 1.67. The summed E-state index contributed by atoms with van der Waals surface area (Å²) in [4.78, 5) is 49.7. The van der Waals surface area contributed by atoms with E-state index in [1.54, 1.807) is 29.0 Å². The maximum Gasteiger partial charge on any atom is 0.275 e. The summed E-state index contributed by atoms with van der Waals surface area (Å²) >= 11 is 1.55. The van der Waals surface area contributed by atoms with Crippen molar-refractivity contribution in [2.45, 2.75) is 59.2 Å². The van der Waals surface area contributed by atoms with Gasteiger partial charge in [-0.25, -0.2) is 4.98 Å². The summed E-state index contributed by atoms with van der Waals surface area (Å²) in [6.07, 6.45) is -0.758. The fourth-order valence-electron chi connectivity index (χ4n) is 3.75. The molecule has 1 aromatic heterocycles. The highest BCUT2D eigenvalue weighted by atomic mass is 32.1. The monoisotopic (exact) mass is 474 g/mol. The minimum absolute atomic E-state index is 0.00593. The van der Waals surface area contributed by atoms with E-state index in [0.29, 0.717) is 5.75 Å². The number of hydrogen-bond acceptors (Lipinski definition) is 7. The summed E-state index contributed by atoms with van der Waals surface area (Å²) in [5, 5.41) is 12.8. The van der Waals surface area contributed by atoms with Crippen LogP contribution < -0.4 is 15.6 Å². The molecule has 3 amide bonds. The summed E-state index contributed by atoms with van der Waals surface area (Å²) in [5.41, 5.74) is 5.54. The van der Waals surface area contributed by atoms with Crippen molar-refractivity contribution < 1.29 is 24.3 Å². The number of amides is 3. The molecule has 1 aromatic carbocycles. The molecule has 3 N–H and O–H groups in total. The Hall–Kier alpha value is -2.98. The second-order valence-electron chi connectivity index (χ2n) is 9.26. The van der Waals surface area contributed by atoms with Gasteiger partial charge in [-0.3, -0.25) is 14.4 Å². The van der Waals surface area contributed by atoms with Gasteiger partial charge < -0.3 is 20.2 Å². The van der Waals surface area contributed by atoms with Gasteiger partial charge in [-0.15, -0.1) is 11.3 Å². The Bertz CT molecular complexity index is 1010. The van der Waals surface area contributed by atoms with Crippen LogP contribution in [0.5, 0.6) is 5.75 Å². The van der Waals surface area contributed by atoms with E-state index >= 15 is 0 Å². The molecular formula is C23H30N4O5S. The number of thiazole rings is 1. The van der Waals surface area contributed by atoms with Gasteiger partial charge in [-0.1, -0.05) is 20.8 Å². The maximum absolute atomic E-state index is 13.2. The first-order valence-electron chi connectivity index (χ1n) is 10.7. The smallest absolute Gasteiger partial charge is 0.275 e. The van der Waals surface area contributed by atoms with Crippen molar-refractivity contribution in [3.05, 3.63) is 35.5 Å². The van der Waals surface area contributed by atoms with Crippen molar-refractivity contribution >= 4 is 29.1 Å². The number of benzene rings is 1. The van der Waals surface area contributed by atoms with Crippen molar-refractivity contribution in [1.29, 1.82) is 0 Å². The van der Waals surface area contributed by atoms with E-state index in [1.165, 1.54) is 11.8 Å². The van der Waals surface area contributed by atoms with Crippen LogP contribution in [0.2, 0.25) is 0 Å². The SMILES string of the molecule is CC(=O)NC(C(=O)N1C[C@H](O)C[C@H]1C(=O)NOc1ccc(-c2scnc2C)cc1)C(C)(C)C. The van der Waals surface area contributed by atoms with Crippen molar-refractivity contribution in [2.24, 2.45) is 5.41 Å². The highest BCUT2D eigenvalue weighted by molar-refractivity contribution is 7.13. The number of carbonyl (C=O) groups is 3. The lowest BCUT2D eigenvalue weighted by Crippen LogP contribution is -2.57. The quantitative estimate of drug-likeness (QED) is 0.551. The fraction of sp³-hybridized carbons (Fsp3) is 0.478. The normalized spacial score (nSPS) is 19.2. The Morgan fingerprint density at radius 1 is 1.24 bits per heavy atom. The standard InChI is InChI=1S/C23H30N4O5S/c1-13-19(33-12-24-13)15-6-8-17(9-7-15)32-26-21(30)18-10-16(29)11-27(18)22(31)20(23(3,4)5)25-14(2)28/h6-9,12,16,18,20,29H,10-11H2,1-5H3,(H,25,28)(H,26,30)/t16-,18+,20?/m1/s1. The molecule has 10 heteroatoms. The number of nitrogens with zero attached hydrogens (tertiary/aromatic N) is 2. The number of carbonyl (C=O) groups excluding carboxylic acids is 3. The molecule has 9 nitrogen and oxygen atoms in total. The molecule has 0 bridgehead atoms. The average molecular weight is 475 g/mol. The van der Waals surface area contributed by atoms with E-state index in [0.717, 1.165) is 16.1 Å². The molecule has 1 aliphatic rings. The summed E-state index contributed by atoms with van der Waals surface area (Å²) in [6.45, 7) is 8.76. The number of rotatable bonds is 6. The van der Waals surface area contributed by atoms with E-state index in [1.807, 2.05) is 39.8 Å². The maximum atomic E-state index is 13.2. The molecule has 1 aliphatic heterocycles. The van der Waals surface area contributed by atoms with Crippen LogP contribution in [0.25, 0.3) is 10.4 Å². The first-order chi connectivity index (χ1) is 15.5. The third-order valence-electron chi connectivity index (χ3n) is 5.46. The van der Waals surface area contributed by atoms with Gasteiger partial charge in [-0.05, 0) is 42.2 Å². The zero-order valence-corrected chi connectivity index (χ0v) is 20.2. The van der Waals surface area contributed by atoms with E-state index in [2.05, 4.69) is 15.8 Å². The molecule has 178 valence electrons. The summed E-state index contributed by atoms with van der Waals surface area (Å²) < 4.78 is 0. The molecule has 2 aromatic rings. The number of hydroxylamine groups is 1. The lowest BCUT2D eigenvalue weighted by atomic mass is 9.85. The second kappa shape index (κ2) is 9.88. The van der Waals surface area contributed by atoms with Crippen LogP contribution in [-0.4, -0.2) is 57.4 Å². The van der Waals surface area contributed by atoms with Gasteiger partial charge in [0.05, 0.1) is 22.2 Å². The van der Waals surface area contributed by atoms with Crippen molar-refractivity contribution in [3.8, 4) is 16.2 Å². The predicted molar refractivity (Wildman–Crippen MR) is 124 cm³/mol. The Morgan fingerprint density at radius 3 is 2.45 bits per heavy atom. The molecule has 3 rings (SSSR count). The molecule has 2 heterocycles. The van der Waals surface area contributed by atoms with E-state index in [4.69, 9.17) is 4.84 Å². The van der Waals surface area contributed by atoms with Crippen LogP contribution in [0, 0.1) is 12.3 Å². The minimum Gasteiger partial charge on any atom is -0.391 e. The number of hydrogen-bond donors (Lipinski definition) is 3. The van der Waals surface area contributed by atoms with Crippen LogP contribution in [-0.2, 0) is 14.4 Å². The lowest BCUT2D eigenvalue weighted by molar-refractivity contribution is -0.145. The van der Waals surface area contributed by atoms with Gasteiger partial charge in [0.1, 0.15) is 12.1 Å². The Labute approximate surface area is 197 Å². The van der Waals surface area contributed by atoms with Crippen LogP contribution in [0.3, 0.4) is 0 Å². The number of nitrogens with one attached hydrogen (secondary N) is 2. The molecule has 1 saturated heterocycles. The van der Waals surface area contributed by atoms with Gasteiger partial charge in [0.2, 0.25) is 11.8 Å². The number of likely N-dealkylation sites (tertiary alicyclic amines) is 1. The molecule has 0 aliphatic carbocycles. The average Bonchev–Trinajstić information content (AvgIpc) is 3.35. The van der Waals surface area contributed by atoms with Crippen molar-refractivity contribution in [2.75, 3.05) is 6.54 Å². The largest absolute Gasteiger partial charge is 0.391 e. The molecule has 33 heavy (non-hydrogen) atoms. The fourth-order valence-corrected chi connectivity index (χ4v) is 4.57. The minimum atomic E-state index is -0.912. The molecule has 1 fully saturated rings. The van der Waals surface area contributed by atoms with Crippen molar-refractivity contribution in [1.82, 2.24) is 20.7 Å². The number of aryl methyl sites for hydroxylation is 1. The summed E-state index contributed by atoms with van der Waals surface area (Å²) in [6, 6.07) is 5.46. The van der Waals surface area contributed by atoms with Gasteiger partial charge >= 0.3 is 0 Å². The van der Waals surface area contributed by atoms with E-state index in [-0.39, 0.29) is 18.9 Å². The third-order valence-corrected chi connectivity index (χ3v) is 6.43. The van der Waals surface area contributed by atoms with Crippen LogP contribution >= 0.6 is 11.3 Å². The van der Waals surface area contributed by atoms with Gasteiger partial charge in [0.15, 0.2) is 5.75 Å². The molecular weight excluding hydrogens is 444 g/mol. The van der Waals surface area contributed by atoms with Crippen LogP contribution in [0.1, 0.15) is 39.8 Å².